The van der Waals surface area contributed by atoms with Crippen LogP contribution in [0.15, 0.2) is 47.3 Å². The molecule has 6 heteroatoms. The van der Waals surface area contributed by atoms with Crippen LogP contribution in [0.25, 0.3) is 5.69 Å². The van der Waals surface area contributed by atoms with Gasteiger partial charge in [-0.1, -0.05) is 25.1 Å². The molecule has 6 nitrogen and oxygen atoms in total. The second-order valence-electron chi connectivity index (χ2n) is 6.34. The number of nitrogens with zero attached hydrogens (tertiary/aromatic N) is 4. The smallest absolute Gasteiger partial charge is 0.274 e. The van der Waals surface area contributed by atoms with E-state index in [0.29, 0.717) is 31.6 Å². The van der Waals surface area contributed by atoms with E-state index in [-0.39, 0.29) is 22.6 Å². The minimum absolute atomic E-state index is 0.202. The van der Waals surface area contributed by atoms with Crippen LogP contribution in [0.5, 0.6) is 0 Å². The maximum Gasteiger partial charge on any atom is 0.274 e. The molecule has 0 unspecified atom stereocenters. The van der Waals surface area contributed by atoms with Gasteiger partial charge in [0.25, 0.3) is 11.5 Å². The Hall–Kier alpha value is -2.94. The molecule has 0 N–H and O–H groups in total. The fraction of sp³-hybridized carbons (Fsp3) is 0.368. The number of para-hydroxylation sites is 1. The summed E-state index contributed by atoms with van der Waals surface area (Å²) in [5, 5.41) is 13.6. The molecule has 1 aromatic carbocycles. The van der Waals surface area contributed by atoms with Crippen LogP contribution in [-0.2, 0) is 0 Å². The van der Waals surface area contributed by atoms with E-state index < -0.39 is 0 Å². The van der Waals surface area contributed by atoms with Crippen molar-refractivity contribution in [2.75, 3.05) is 13.1 Å². The predicted octanol–water partition coefficient (Wildman–Crippen LogP) is 2.39. The summed E-state index contributed by atoms with van der Waals surface area (Å²) < 4.78 is 1.24. The molecule has 1 aliphatic heterocycles. The Labute approximate surface area is 146 Å². The van der Waals surface area contributed by atoms with Gasteiger partial charge in [-0.2, -0.15) is 15.0 Å². The van der Waals surface area contributed by atoms with Crippen molar-refractivity contribution >= 4 is 5.91 Å². The summed E-state index contributed by atoms with van der Waals surface area (Å²) in [6.07, 6.45) is 2.14. The van der Waals surface area contributed by atoms with Gasteiger partial charge in [0.15, 0.2) is 0 Å². The normalized spacial score (nSPS) is 16.2. The standard InChI is InChI=1S/C19H20N4O2/c1-2-19(14-20)10-12-22(13-11-19)18(25)16-8-9-17(24)23(21-16)15-6-4-3-5-7-15/h3-9H,2,10-13H2,1H3. The molecule has 0 aliphatic carbocycles. The molecule has 128 valence electrons. The molecule has 0 spiro atoms. The van der Waals surface area contributed by atoms with Gasteiger partial charge in [0.1, 0.15) is 5.69 Å². The predicted molar refractivity (Wildman–Crippen MR) is 93.3 cm³/mol. The number of benzene rings is 1. The number of amides is 1. The lowest BCUT2D eigenvalue weighted by atomic mass is 9.77. The molecule has 1 aromatic heterocycles. The Kier molecular flexibility index (Phi) is 4.66. The van der Waals surface area contributed by atoms with E-state index in [0.717, 1.165) is 6.42 Å². The lowest BCUT2D eigenvalue weighted by Gasteiger charge is -2.36. The first-order valence-corrected chi connectivity index (χ1v) is 8.45. The van der Waals surface area contributed by atoms with Gasteiger partial charge in [0, 0.05) is 19.2 Å². The van der Waals surface area contributed by atoms with E-state index in [1.807, 2.05) is 25.1 Å². The van der Waals surface area contributed by atoms with Crippen LogP contribution in [0.3, 0.4) is 0 Å². The van der Waals surface area contributed by atoms with Crippen molar-refractivity contribution in [1.82, 2.24) is 14.7 Å². The maximum absolute atomic E-state index is 12.7. The van der Waals surface area contributed by atoms with Gasteiger partial charge >= 0.3 is 0 Å². The fourth-order valence-electron chi connectivity index (χ4n) is 3.12. The Bertz CT molecular complexity index is 859. The average Bonchev–Trinajstić information content (AvgIpc) is 2.68. The van der Waals surface area contributed by atoms with E-state index in [9.17, 15) is 14.9 Å². The summed E-state index contributed by atoms with van der Waals surface area (Å²) >= 11 is 0. The highest BCUT2D eigenvalue weighted by atomic mass is 16.2. The van der Waals surface area contributed by atoms with Gasteiger partial charge in [-0.25, -0.2) is 0 Å². The second-order valence-corrected chi connectivity index (χ2v) is 6.34. The Morgan fingerprint density at radius 2 is 1.88 bits per heavy atom. The van der Waals surface area contributed by atoms with Gasteiger partial charge in [-0.3, -0.25) is 9.59 Å². The topological polar surface area (TPSA) is 79.0 Å². The minimum Gasteiger partial charge on any atom is -0.337 e. The average molecular weight is 336 g/mol. The Morgan fingerprint density at radius 1 is 1.20 bits per heavy atom. The van der Waals surface area contributed by atoms with Gasteiger partial charge in [-0.15, -0.1) is 0 Å². The molecule has 0 radical (unpaired) electrons. The first-order valence-electron chi connectivity index (χ1n) is 8.45. The summed E-state index contributed by atoms with van der Waals surface area (Å²) in [5.41, 5.74) is 0.253. The number of hydrogen-bond donors (Lipinski definition) is 0. The van der Waals surface area contributed by atoms with Gasteiger partial charge in [0.05, 0.1) is 17.2 Å². The fourth-order valence-corrected chi connectivity index (χ4v) is 3.12. The summed E-state index contributed by atoms with van der Waals surface area (Å²) in [5.74, 6) is -0.202. The summed E-state index contributed by atoms with van der Waals surface area (Å²) in [4.78, 5) is 26.5. The van der Waals surface area contributed by atoms with Crippen molar-refractivity contribution in [3.63, 3.8) is 0 Å². The molecule has 25 heavy (non-hydrogen) atoms. The Morgan fingerprint density at radius 3 is 2.48 bits per heavy atom. The summed E-state index contributed by atoms with van der Waals surface area (Å²) in [7, 11) is 0. The van der Waals surface area contributed by atoms with E-state index in [4.69, 9.17) is 0 Å². The summed E-state index contributed by atoms with van der Waals surface area (Å²) in [6, 6.07) is 14.3. The molecule has 2 aromatic rings. The molecule has 1 fully saturated rings. The number of carbonyl (C=O) groups is 1. The lowest BCUT2D eigenvalue weighted by molar-refractivity contribution is 0.0635. The quantitative estimate of drug-likeness (QED) is 0.862. The third kappa shape index (κ3) is 3.31. The Balaban J connectivity index is 1.83. The second kappa shape index (κ2) is 6.89. The molecule has 1 aliphatic rings. The lowest BCUT2D eigenvalue weighted by Crippen LogP contribution is -2.43. The molecule has 2 heterocycles. The molecule has 0 bridgehead atoms. The van der Waals surface area contributed by atoms with E-state index in [1.165, 1.54) is 16.8 Å². The summed E-state index contributed by atoms with van der Waals surface area (Å²) in [6.45, 7) is 3.08. The zero-order valence-corrected chi connectivity index (χ0v) is 14.2. The van der Waals surface area contributed by atoms with Crippen LogP contribution in [0.4, 0.5) is 0 Å². The number of aromatic nitrogens is 2. The first kappa shape index (κ1) is 16.9. The highest BCUT2D eigenvalue weighted by molar-refractivity contribution is 5.92. The van der Waals surface area contributed by atoms with Crippen LogP contribution in [0.1, 0.15) is 36.7 Å². The monoisotopic (exact) mass is 336 g/mol. The van der Waals surface area contributed by atoms with Crippen molar-refractivity contribution in [2.45, 2.75) is 26.2 Å². The van der Waals surface area contributed by atoms with Crippen molar-refractivity contribution in [1.29, 1.82) is 5.26 Å². The zero-order valence-electron chi connectivity index (χ0n) is 14.2. The molecule has 0 saturated carbocycles. The van der Waals surface area contributed by atoms with Crippen LogP contribution in [0, 0.1) is 16.7 Å². The van der Waals surface area contributed by atoms with Crippen molar-refractivity contribution in [2.24, 2.45) is 5.41 Å². The zero-order chi connectivity index (χ0) is 17.9. The van der Waals surface area contributed by atoms with Gasteiger partial charge in [0.2, 0.25) is 0 Å². The molecule has 1 amide bonds. The molecular weight excluding hydrogens is 316 g/mol. The third-order valence-electron chi connectivity index (χ3n) is 4.94. The number of hydrogen-bond acceptors (Lipinski definition) is 4. The highest BCUT2D eigenvalue weighted by Gasteiger charge is 2.35. The minimum atomic E-state index is -0.326. The SMILES string of the molecule is CCC1(C#N)CCN(C(=O)c2ccc(=O)n(-c3ccccc3)n2)CC1. The van der Waals surface area contributed by atoms with E-state index >= 15 is 0 Å². The number of piperidine rings is 1. The molecular formula is C19H20N4O2. The number of nitriles is 1. The number of rotatable bonds is 3. The molecule has 0 atom stereocenters. The van der Waals surface area contributed by atoms with Crippen molar-refractivity contribution in [3.8, 4) is 11.8 Å². The largest absolute Gasteiger partial charge is 0.337 e. The number of carbonyl (C=O) groups excluding carboxylic acids is 1. The highest BCUT2D eigenvalue weighted by Crippen LogP contribution is 2.34. The van der Waals surface area contributed by atoms with Crippen LogP contribution in [-0.4, -0.2) is 33.7 Å². The van der Waals surface area contributed by atoms with Crippen molar-refractivity contribution < 1.29 is 4.79 Å². The first-order chi connectivity index (χ1) is 12.1. The molecule has 1 saturated heterocycles. The number of likely N-dealkylation sites (tertiary alicyclic amines) is 1. The maximum atomic E-state index is 12.7. The van der Waals surface area contributed by atoms with Gasteiger partial charge in [-0.05, 0) is 37.5 Å². The van der Waals surface area contributed by atoms with Gasteiger partial charge < -0.3 is 4.90 Å². The van der Waals surface area contributed by atoms with Crippen molar-refractivity contribution in [3.05, 3.63) is 58.5 Å². The van der Waals surface area contributed by atoms with E-state index in [2.05, 4.69) is 11.2 Å². The van der Waals surface area contributed by atoms with E-state index in [1.54, 1.807) is 17.0 Å². The van der Waals surface area contributed by atoms with Crippen LogP contribution < -0.4 is 5.56 Å². The molecule has 3 rings (SSSR count). The van der Waals surface area contributed by atoms with Crippen LogP contribution >= 0.6 is 0 Å². The third-order valence-corrected chi connectivity index (χ3v) is 4.94. The van der Waals surface area contributed by atoms with Crippen LogP contribution in [0.2, 0.25) is 0 Å².